The van der Waals surface area contributed by atoms with Gasteiger partial charge < -0.3 is 5.73 Å². The second-order valence-electron chi connectivity index (χ2n) is 3.34. The van der Waals surface area contributed by atoms with Crippen LogP contribution in [0, 0.1) is 0 Å². The molecular weight excluding hydrogens is 196 g/mol. The molecule has 0 aliphatic carbocycles. The Kier molecular flexibility index (Phi) is 4.03. The molecule has 1 aromatic heterocycles. The van der Waals surface area contributed by atoms with Crippen LogP contribution in [0.2, 0.25) is 0 Å². The standard InChI is InChI=1S/C9H16N4S/c1-3-13-6-8(4-11-13)5-12(2)7-9(10)14/h4,6H,3,5,7H2,1-2H3,(H2,10,14). The minimum Gasteiger partial charge on any atom is -0.392 e. The van der Waals surface area contributed by atoms with E-state index in [-0.39, 0.29) is 0 Å². The average Bonchev–Trinajstić information content (AvgIpc) is 2.50. The van der Waals surface area contributed by atoms with Crippen LogP contribution in [0.15, 0.2) is 12.4 Å². The fourth-order valence-electron chi connectivity index (χ4n) is 1.29. The van der Waals surface area contributed by atoms with Gasteiger partial charge in [0.2, 0.25) is 0 Å². The molecule has 0 saturated carbocycles. The van der Waals surface area contributed by atoms with Gasteiger partial charge in [-0.05, 0) is 14.0 Å². The number of rotatable bonds is 5. The van der Waals surface area contributed by atoms with E-state index in [1.165, 1.54) is 5.56 Å². The first kappa shape index (κ1) is 11.1. The van der Waals surface area contributed by atoms with Gasteiger partial charge in [-0.1, -0.05) is 12.2 Å². The molecule has 0 radical (unpaired) electrons. The van der Waals surface area contributed by atoms with E-state index < -0.39 is 0 Å². The first-order valence-electron chi connectivity index (χ1n) is 4.60. The van der Waals surface area contributed by atoms with Crippen LogP contribution in [0.25, 0.3) is 0 Å². The van der Waals surface area contributed by atoms with Crippen LogP contribution in [-0.2, 0) is 13.1 Å². The number of nitrogens with two attached hydrogens (primary N) is 1. The fourth-order valence-corrected chi connectivity index (χ4v) is 1.51. The van der Waals surface area contributed by atoms with Crippen LogP contribution in [0.4, 0.5) is 0 Å². The summed E-state index contributed by atoms with van der Waals surface area (Å²) in [4.78, 5) is 2.59. The summed E-state index contributed by atoms with van der Waals surface area (Å²) in [5.41, 5.74) is 6.63. The van der Waals surface area contributed by atoms with Crippen molar-refractivity contribution < 1.29 is 0 Å². The Balaban J connectivity index is 2.47. The molecule has 4 nitrogen and oxygen atoms in total. The maximum atomic E-state index is 5.45. The molecule has 0 saturated heterocycles. The fraction of sp³-hybridized carbons (Fsp3) is 0.556. The predicted octanol–water partition coefficient (Wildman–Crippen LogP) is 0.621. The Bertz CT molecular complexity index is 308. The number of aryl methyl sites for hydroxylation is 1. The lowest BCUT2D eigenvalue weighted by Crippen LogP contribution is -2.28. The van der Waals surface area contributed by atoms with Crippen molar-refractivity contribution in [1.82, 2.24) is 14.7 Å². The number of hydrogen-bond acceptors (Lipinski definition) is 3. The molecule has 2 N–H and O–H groups in total. The minimum atomic E-state index is 0.524. The van der Waals surface area contributed by atoms with E-state index in [4.69, 9.17) is 18.0 Å². The molecule has 5 heteroatoms. The van der Waals surface area contributed by atoms with Crippen LogP contribution in [0.1, 0.15) is 12.5 Å². The molecule has 0 bridgehead atoms. The molecule has 0 atom stereocenters. The summed E-state index contributed by atoms with van der Waals surface area (Å²) in [6.07, 6.45) is 3.91. The second-order valence-corrected chi connectivity index (χ2v) is 3.87. The number of hydrogen-bond donors (Lipinski definition) is 1. The van der Waals surface area contributed by atoms with Gasteiger partial charge in [-0.25, -0.2) is 0 Å². The Hall–Kier alpha value is -0.940. The van der Waals surface area contributed by atoms with Crippen LogP contribution in [0.3, 0.4) is 0 Å². The third-order valence-corrected chi connectivity index (χ3v) is 2.02. The number of nitrogens with zero attached hydrogens (tertiary/aromatic N) is 3. The summed E-state index contributed by atoms with van der Waals surface area (Å²) >= 11 is 4.83. The smallest absolute Gasteiger partial charge is 0.0870 e. The zero-order valence-corrected chi connectivity index (χ0v) is 9.42. The zero-order chi connectivity index (χ0) is 10.6. The van der Waals surface area contributed by atoms with Crippen LogP contribution in [-0.4, -0.2) is 33.3 Å². The van der Waals surface area contributed by atoms with Crippen LogP contribution >= 0.6 is 12.2 Å². The molecule has 0 spiro atoms. The first-order valence-corrected chi connectivity index (χ1v) is 5.00. The lowest BCUT2D eigenvalue weighted by Gasteiger charge is -2.13. The summed E-state index contributed by atoms with van der Waals surface area (Å²) in [6, 6.07) is 0. The predicted molar refractivity (Wildman–Crippen MR) is 61.0 cm³/mol. The SMILES string of the molecule is CCn1cc(CN(C)CC(N)=S)cn1. The van der Waals surface area contributed by atoms with Crippen molar-refractivity contribution in [2.75, 3.05) is 13.6 Å². The highest BCUT2D eigenvalue weighted by Crippen LogP contribution is 2.01. The van der Waals surface area contributed by atoms with Gasteiger partial charge >= 0.3 is 0 Å². The quantitative estimate of drug-likeness (QED) is 0.727. The monoisotopic (exact) mass is 212 g/mol. The highest BCUT2D eigenvalue weighted by Gasteiger charge is 2.03. The van der Waals surface area contributed by atoms with Gasteiger partial charge in [0.25, 0.3) is 0 Å². The maximum absolute atomic E-state index is 5.45. The molecular formula is C9H16N4S. The Morgan fingerprint density at radius 3 is 2.93 bits per heavy atom. The van der Waals surface area contributed by atoms with Gasteiger partial charge in [-0.2, -0.15) is 5.10 Å². The van der Waals surface area contributed by atoms with Crippen LogP contribution < -0.4 is 5.73 Å². The zero-order valence-electron chi connectivity index (χ0n) is 8.60. The second kappa shape index (κ2) is 5.07. The van der Waals surface area contributed by atoms with Gasteiger partial charge in [0.15, 0.2) is 0 Å². The molecule has 0 unspecified atom stereocenters. The molecule has 0 fully saturated rings. The topological polar surface area (TPSA) is 47.1 Å². The van der Waals surface area contributed by atoms with Gasteiger partial charge in [-0.15, -0.1) is 0 Å². The summed E-state index contributed by atoms with van der Waals surface area (Å²) in [5, 5.41) is 4.19. The summed E-state index contributed by atoms with van der Waals surface area (Å²) < 4.78 is 1.91. The third-order valence-electron chi connectivity index (χ3n) is 1.89. The first-order chi connectivity index (χ1) is 6.61. The Labute approximate surface area is 89.7 Å². The molecule has 0 aliphatic rings. The molecule has 0 aliphatic heterocycles. The van der Waals surface area contributed by atoms with Crippen molar-refractivity contribution in [1.29, 1.82) is 0 Å². The van der Waals surface area contributed by atoms with E-state index in [1.54, 1.807) is 0 Å². The van der Waals surface area contributed by atoms with Gasteiger partial charge in [-0.3, -0.25) is 9.58 Å². The van der Waals surface area contributed by atoms with Crippen molar-refractivity contribution in [2.24, 2.45) is 5.73 Å². The van der Waals surface area contributed by atoms with E-state index in [0.717, 1.165) is 13.1 Å². The highest BCUT2D eigenvalue weighted by atomic mass is 32.1. The molecule has 0 amide bonds. The molecule has 14 heavy (non-hydrogen) atoms. The van der Waals surface area contributed by atoms with Crippen molar-refractivity contribution in [3.8, 4) is 0 Å². The highest BCUT2D eigenvalue weighted by molar-refractivity contribution is 7.80. The summed E-state index contributed by atoms with van der Waals surface area (Å²) in [6.45, 7) is 4.44. The molecule has 0 aromatic carbocycles. The summed E-state index contributed by atoms with van der Waals surface area (Å²) in [7, 11) is 1.99. The van der Waals surface area contributed by atoms with E-state index in [9.17, 15) is 0 Å². The van der Waals surface area contributed by atoms with E-state index in [0.29, 0.717) is 11.5 Å². The average molecular weight is 212 g/mol. The van der Waals surface area contributed by atoms with Crippen molar-refractivity contribution in [2.45, 2.75) is 20.0 Å². The Morgan fingerprint density at radius 2 is 2.43 bits per heavy atom. The Morgan fingerprint density at radius 1 is 1.71 bits per heavy atom. The van der Waals surface area contributed by atoms with Gasteiger partial charge in [0.05, 0.1) is 11.2 Å². The van der Waals surface area contributed by atoms with Gasteiger partial charge in [0.1, 0.15) is 0 Å². The van der Waals surface area contributed by atoms with Crippen molar-refractivity contribution in [3.05, 3.63) is 18.0 Å². The molecule has 1 aromatic rings. The van der Waals surface area contributed by atoms with E-state index in [2.05, 4.69) is 16.9 Å². The van der Waals surface area contributed by atoms with Crippen molar-refractivity contribution >= 4 is 17.2 Å². The minimum absolute atomic E-state index is 0.524. The lowest BCUT2D eigenvalue weighted by atomic mass is 10.3. The number of aromatic nitrogens is 2. The molecule has 1 heterocycles. The van der Waals surface area contributed by atoms with Gasteiger partial charge in [0, 0.05) is 31.4 Å². The van der Waals surface area contributed by atoms with Crippen molar-refractivity contribution in [3.63, 3.8) is 0 Å². The number of thiocarbonyl (C=S) groups is 1. The third kappa shape index (κ3) is 3.43. The number of likely N-dealkylation sites (N-methyl/N-ethyl adjacent to an activating group) is 1. The summed E-state index contributed by atoms with van der Waals surface area (Å²) in [5.74, 6) is 0. The lowest BCUT2D eigenvalue weighted by molar-refractivity contribution is 0.374. The maximum Gasteiger partial charge on any atom is 0.0870 e. The van der Waals surface area contributed by atoms with E-state index >= 15 is 0 Å². The van der Waals surface area contributed by atoms with Crippen LogP contribution in [0.5, 0.6) is 0 Å². The van der Waals surface area contributed by atoms with E-state index in [1.807, 2.05) is 24.1 Å². The largest absolute Gasteiger partial charge is 0.392 e. The molecule has 1 rings (SSSR count). The molecule has 78 valence electrons. The normalized spacial score (nSPS) is 10.8.